The number of hydrogen-bond acceptors (Lipinski definition) is 5. The summed E-state index contributed by atoms with van der Waals surface area (Å²) in [7, 11) is 0. The highest BCUT2D eigenvalue weighted by molar-refractivity contribution is 4.86. The van der Waals surface area contributed by atoms with Crippen molar-refractivity contribution in [1.82, 2.24) is 39.1 Å². The molecule has 3 aromatic heterocycles. The van der Waals surface area contributed by atoms with E-state index in [4.69, 9.17) is 0 Å². The lowest BCUT2D eigenvalue weighted by Crippen LogP contribution is -2.03. The first-order valence-corrected chi connectivity index (χ1v) is 9.06. The van der Waals surface area contributed by atoms with Gasteiger partial charge in [-0.3, -0.25) is 0 Å². The maximum absolute atomic E-state index is 3.97. The van der Waals surface area contributed by atoms with Crippen LogP contribution in [0, 0.1) is 0 Å². The minimum absolute atomic E-state index is 0. The van der Waals surface area contributed by atoms with Crippen molar-refractivity contribution in [2.75, 3.05) is 0 Å². The maximum atomic E-state index is 3.97. The summed E-state index contributed by atoms with van der Waals surface area (Å²) in [5.74, 6) is 1.06. The minimum Gasteiger partial charge on any atom is -0.335 e. The zero-order chi connectivity index (χ0) is 19.5. The van der Waals surface area contributed by atoms with Gasteiger partial charge in [0.2, 0.25) is 0 Å². The summed E-state index contributed by atoms with van der Waals surface area (Å²) in [5.41, 5.74) is 0. The molecule has 0 aliphatic heterocycles. The standard InChI is InChI=1S/C7H13N3.C6H10N2.C5H9N3.2CH4/c1-4-7-9-8-5-10(7)6(2)3;1-6(2)8-4-3-7-5-8;1-5(2)8-3-6-7-4-8;;/h5-6H,4H2,1-3H3;3-6H,1-2H3;3-5H,1-2H3;2*1H4. The molecule has 3 rings (SSSR count). The summed E-state index contributed by atoms with van der Waals surface area (Å²) in [6.07, 6.45) is 11.7. The number of imidazole rings is 1. The highest BCUT2D eigenvalue weighted by Gasteiger charge is 2.03. The van der Waals surface area contributed by atoms with E-state index in [2.05, 4.69) is 83.0 Å². The van der Waals surface area contributed by atoms with Crippen LogP contribution in [0.3, 0.4) is 0 Å². The number of hydrogen-bond donors (Lipinski definition) is 0. The Labute approximate surface area is 171 Å². The molecular formula is C20H40N8. The summed E-state index contributed by atoms with van der Waals surface area (Å²) >= 11 is 0. The van der Waals surface area contributed by atoms with Crippen LogP contribution in [0.25, 0.3) is 0 Å². The van der Waals surface area contributed by atoms with Crippen LogP contribution in [-0.2, 0) is 6.42 Å². The topological polar surface area (TPSA) is 79.2 Å². The van der Waals surface area contributed by atoms with Crippen molar-refractivity contribution in [1.29, 1.82) is 0 Å². The Hall–Kier alpha value is -2.51. The number of aromatic nitrogens is 8. The Bertz CT molecular complexity index is 643. The molecule has 8 heteroatoms. The molecular weight excluding hydrogens is 352 g/mol. The van der Waals surface area contributed by atoms with E-state index in [1.165, 1.54) is 0 Å². The molecule has 0 saturated carbocycles. The van der Waals surface area contributed by atoms with Crippen LogP contribution in [0.2, 0.25) is 0 Å². The van der Waals surface area contributed by atoms with E-state index < -0.39 is 0 Å². The van der Waals surface area contributed by atoms with Gasteiger partial charge >= 0.3 is 0 Å². The molecule has 0 aromatic carbocycles. The highest BCUT2D eigenvalue weighted by atomic mass is 15.3. The van der Waals surface area contributed by atoms with Crippen LogP contribution in [0.1, 0.15) is 87.3 Å². The van der Waals surface area contributed by atoms with Crippen molar-refractivity contribution < 1.29 is 0 Å². The lowest BCUT2D eigenvalue weighted by molar-refractivity contribution is 0.571. The van der Waals surface area contributed by atoms with Gasteiger partial charge in [0.05, 0.1) is 6.33 Å². The Morgan fingerprint density at radius 3 is 1.61 bits per heavy atom. The second-order valence-electron chi connectivity index (χ2n) is 6.71. The van der Waals surface area contributed by atoms with E-state index in [-0.39, 0.29) is 14.9 Å². The quantitative estimate of drug-likeness (QED) is 0.623. The molecule has 3 aromatic rings. The van der Waals surface area contributed by atoms with Crippen LogP contribution < -0.4 is 0 Å². The van der Waals surface area contributed by atoms with E-state index in [0.717, 1.165) is 12.2 Å². The molecule has 0 radical (unpaired) electrons. The molecule has 0 unspecified atom stereocenters. The largest absolute Gasteiger partial charge is 0.335 e. The third-order valence-electron chi connectivity index (χ3n) is 3.67. The predicted molar refractivity (Wildman–Crippen MR) is 116 cm³/mol. The molecule has 0 aliphatic carbocycles. The lowest BCUT2D eigenvalue weighted by atomic mass is 10.3. The van der Waals surface area contributed by atoms with Gasteiger partial charge in [0, 0.05) is 36.9 Å². The maximum Gasteiger partial charge on any atom is 0.132 e. The second kappa shape index (κ2) is 14.5. The molecule has 0 bridgehead atoms. The van der Waals surface area contributed by atoms with Crippen molar-refractivity contribution in [3.05, 3.63) is 43.5 Å². The summed E-state index contributed by atoms with van der Waals surface area (Å²) in [6.45, 7) is 14.8. The third-order valence-corrected chi connectivity index (χ3v) is 3.67. The van der Waals surface area contributed by atoms with Crippen molar-refractivity contribution in [3.8, 4) is 0 Å². The van der Waals surface area contributed by atoms with E-state index in [1.807, 2.05) is 17.1 Å². The van der Waals surface area contributed by atoms with E-state index in [0.29, 0.717) is 18.1 Å². The number of rotatable bonds is 4. The molecule has 0 fully saturated rings. The lowest BCUT2D eigenvalue weighted by Gasteiger charge is -2.07. The Morgan fingerprint density at radius 2 is 1.32 bits per heavy atom. The van der Waals surface area contributed by atoms with Gasteiger partial charge in [-0.1, -0.05) is 21.8 Å². The fourth-order valence-electron chi connectivity index (χ4n) is 2.00. The SMILES string of the molecule is C.C.CC(C)n1ccnc1.CC(C)n1cnnc1.CCc1nncn1C(C)C. The number of aryl methyl sites for hydroxylation is 1. The van der Waals surface area contributed by atoms with Crippen LogP contribution >= 0.6 is 0 Å². The van der Waals surface area contributed by atoms with Crippen LogP contribution in [0.15, 0.2) is 37.7 Å². The van der Waals surface area contributed by atoms with Gasteiger partial charge in [0.15, 0.2) is 0 Å². The van der Waals surface area contributed by atoms with Gasteiger partial charge in [-0.05, 0) is 41.5 Å². The van der Waals surface area contributed by atoms with Crippen molar-refractivity contribution in [3.63, 3.8) is 0 Å². The van der Waals surface area contributed by atoms with Gasteiger partial charge in [0.25, 0.3) is 0 Å². The Balaban J connectivity index is 0. The van der Waals surface area contributed by atoms with Crippen LogP contribution in [0.4, 0.5) is 0 Å². The molecule has 0 spiro atoms. The first-order valence-electron chi connectivity index (χ1n) is 9.06. The third kappa shape index (κ3) is 9.43. The summed E-state index contributed by atoms with van der Waals surface area (Å²) in [6, 6.07) is 1.49. The van der Waals surface area contributed by atoms with Gasteiger partial charge in [0.1, 0.15) is 24.8 Å². The smallest absolute Gasteiger partial charge is 0.132 e. The predicted octanol–water partition coefficient (Wildman–Crippen LogP) is 5.02. The summed E-state index contributed by atoms with van der Waals surface area (Å²) < 4.78 is 6.08. The molecule has 28 heavy (non-hydrogen) atoms. The molecule has 160 valence electrons. The first kappa shape index (κ1) is 27.7. The van der Waals surface area contributed by atoms with Gasteiger partial charge < -0.3 is 13.7 Å². The molecule has 0 saturated heterocycles. The first-order chi connectivity index (χ1) is 12.4. The van der Waals surface area contributed by atoms with Crippen molar-refractivity contribution >= 4 is 0 Å². The van der Waals surface area contributed by atoms with Gasteiger partial charge in [-0.25, -0.2) is 4.98 Å². The average Bonchev–Trinajstić information content (AvgIpc) is 3.37. The molecule has 0 N–H and O–H groups in total. The average molecular weight is 393 g/mol. The molecule has 3 heterocycles. The zero-order valence-electron chi connectivity index (χ0n) is 17.0. The fraction of sp³-hybridized carbons (Fsp3) is 0.650. The van der Waals surface area contributed by atoms with Crippen molar-refractivity contribution in [2.45, 2.75) is 87.9 Å². The molecule has 0 atom stereocenters. The fourth-order valence-corrected chi connectivity index (χ4v) is 2.00. The Morgan fingerprint density at radius 1 is 0.750 bits per heavy atom. The van der Waals surface area contributed by atoms with E-state index in [1.54, 1.807) is 25.2 Å². The highest BCUT2D eigenvalue weighted by Crippen LogP contribution is 2.05. The van der Waals surface area contributed by atoms with Crippen LogP contribution in [0.5, 0.6) is 0 Å². The summed E-state index contributed by atoms with van der Waals surface area (Å²) in [4.78, 5) is 3.91. The molecule has 0 amide bonds. The van der Waals surface area contributed by atoms with E-state index in [9.17, 15) is 0 Å². The van der Waals surface area contributed by atoms with Gasteiger partial charge in [-0.15, -0.1) is 20.4 Å². The van der Waals surface area contributed by atoms with E-state index >= 15 is 0 Å². The molecule has 0 aliphatic rings. The molecule has 8 nitrogen and oxygen atoms in total. The van der Waals surface area contributed by atoms with Gasteiger partial charge in [-0.2, -0.15) is 0 Å². The van der Waals surface area contributed by atoms with Crippen molar-refractivity contribution in [2.24, 2.45) is 0 Å². The zero-order valence-corrected chi connectivity index (χ0v) is 17.0. The monoisotopic (exact) mass is 392 g/mol. The van der Waals surface area contributed by atoms with Crippen LogP contribution in [-0.4, -0.2) is 39.1 Å². The summed E-state index contributed by atoms with van der Waals surface area (Å²) in [5, 5.41) is 15.1. The number of nitrogens with zero attached hydrogens (tertiary/aromatic N) is 8. The minimum atomic E-state index is 0. The Kier molecular flexibility index (Phi) is 14.4. The second-order valence-corrected chi connectivity index (χ2v) is 6.71. The normalized spacial score (nSPS) is 9.79.